The van der Waals surface area contributed by atoms with Gasteiger partial charge in [0, 0.05) is 39.5 Å². The second kappa shape index (κ2) is 8.89. The van der Waals surface area contributed by atoms with Crippen LogP contribution in [0.5, 0.6) is 0 Å². The molecule has 0 fully saturated rings. The first kappa shape index (κ1) is 25.1. The van der Waals surface area contributed by atoms with Crippen molar-refractivity contribution >= 4 is 55.1 Å². The average Bonchev–Trinajstić information content (AvgIpc) is 3.63. The third-order valence-corrected chi connectivity index (χ3v) is 10.5. The van der Waals surface area contributed by atoms with Gasteiger partial charge in [0.25, 0.3) is 0 Å². The number of aromatic nitrogens is 1. The number of furan rings is 1. The summed E-state index contributed by atoms with van der Waals surface area (Å²) in [4.78, 5) is 2.47. The summed E-state index contributed by atoms with van der Waals surface area (Å²) in [6, 6.07) is 44.7. The molecule has 0 saturated heterocycles. The van der Waals surface area contributed by atoms with E-state index in [9.17, 15) is 0 Å². The predicted molar refractivity (Wildman–Crippen MR) is 187 cm³/mol. The summed E-state index contributed by atoms with van der Waals surface area (Å²) >= 11 is 0. The zero-order valence-corrected chi connectivity index (χ0v) is 25.5. The molecule has 45 heavy (non-hydrogen) atoms. The van der Waals surface area contributed by atoms with Crippen LogP contribution in [0.25, 0.3) is 60.6 Å². The van der Waals surface area contributed by atoms with Gasteiger partial charge in [0.15, 0.2) is 0 Å². The van der Waals surface area contributed by atoms with Crippen molar-refractivity contribution in [3.8, 4) is 16.8 Å². The minimum atomic E-state index is -0.210. The zero-order chi connectivity index (χ0) is 29.9. The van der Waals surface area contributed by atoms with Gasteiger partial charge in [-0.05, 0) is 89.2 Å². The van der Waals surface area contributed by atoms with Gasteiger partial charge in [-0.25, -0.2) is 0 Å². The minimum absolute atomic E-state index is 0.210. The number of hydrogen-bond acceptors (Lipinski definition) is 2. The summed E-state index contributed by atoms with van der Waals surface area (Å²) in [6.07, 6.45) is 2.34. The van der Waals surface area contributed by atoms with Crippen LogP contribution >= 0.6 is 0 Å². The Morgan fingerprint density at radius 1 is 0.644 bits per heavy atom. The number of para-hydroxylation sites is 3. The van der Waals surface area contributed by atoms with Crippen LogP contribution in [0.2, 0.25) is 0 Å². The zero-order valence-electron chi connectivity index (χ0n) is 25.5. The SMILES string of the molecule is CC1(C)c2cc(-c3ccc(N4CCCc5ccccc54)cc3)ccc2-n2c3ccccc3c3c4oc5ccccc5c4cc1c32. The van der Waals surface area contributed by atoms with Gasteiger partial charge in [-0.3, -0.25) is 0 Å². The van der Waals surface area contributed by atoms with Crippen molar-refractivity contribution in [2.24, 2.45) is 0 Å². The van der Waals surface area contributed by atoms with E-state index in [1.165, 1.54) is 83.9 Å². The summed E-state index contributed by atoms with van der Waals surface area (Å²) in [7, 11) is 0. The Hall–Kier alpha value is -5.28. The van der Waals surface area contributed by atoms with Crippen LogP contribution in [0.3, 0.4) is 0 Å². The summed E-state index contributed by atoms with van der Waals surface area (Å²) in [5.74, 6) is 0. The van der Waals surface area contributed by atoms with E-state index in [0.29, 0.717) is 0 Å². The van der Waals surface area contributed by atoms with Gasteiger partial charge < -0.3 is 13.9 Å². The monoisotopic (exact) mass is 580 g/mol. The highest BCUT2D eigenvalue weighted by atomic mass is 16.3. The molecule has 0 atom stereocenters. The highest BCUT2D eigenvalue weighted by molar-refractivity contribution is 6.25. The number of nitrogens with zero attached hydrogens (tertiary/aromatic N) is 2. The first-order chi connectivity index (χ1) is 22.1. The molecule has 0 amide bonds. The van der Waals surface area contributed by atoms with E-state index in [-0.39, 0.29) is 5.41 Å². The van der Waals surface area contributed by atoms with Crippen LogP contribution in [0.1, 0.15) is 37.0 Å². The molecule has 10 rings (SSSR count). The van der Waals surface area contributed by atoms with Crippen molar-refractivity contribution in [3.63, 3.8) is 0 Å². The third kappa shape index (κ3) is 3.36. The quantitative estimate of drug-likeness (QED) is 0.203. The Balaban J connectivity index is 1.16. The molecule has 0 bridgehead atoms. The lowest BCUT2D eigenvalue weighted by Gasteiger charge is -2.35. The molecule has 0 spiro atoms. The Labute approximate surface area is 261 Å². The normalized spacial score (nSPS) is 15.2. The molecule has 2 aliphatic rings. The Bertz CT molecular complexity index is 2490. The maximum absolute atomic E-state index is 6.60. The third-order valence-electron chi connectivity index (χ3n) is 10.5. The van der Waals surface area contributed by atoms with E-state index in [2.05, 4.69) is 145 Å². The highest BCUT2D eigenvalue weighted by Crippen LogP contribution is 2.51. The van der Waals surface area contributed by atoms with Crippen molar-refractivity contribution in [1.82, 2.24) is 4.57 Å². The van der Waals surface area contributed by atoms with Gasteiger partial charge in [-0.1, -0.05) is 86.6 Å². The lowest BCUT2D eigenvalue weighted by molar-refractivity contribution is 0.630. The number of aryl methyl sites for hydroxylation is 1. The lowest BCUT2D eigenvalue weighted by Crippen LogP contribution is -2.26. The standard InChI is InChI=1S/C42H32N2O/c1-42(2)33-24-28(26-17-20-29(21-18-26)43-23-9-11-27-10-3-6-14-35(27)43)19-22-37(33)44-36-15-7-4-13-31(36)39-40(44)34(42)25-32-30-12-5-8-16-38(30)45-41(32)39/h3-8,10,12-22,24-25H,9,11,23H2,1-2H3. The summed E-state index contributed by atoms with van der Waals surface area (Å²) in [6.45, 7) is 5.83. The van der Waals surface area contributed by atoms with Gasteiger partial charge >= 0.3 is 0 Å². The van der Waals surface area contributed by atoms with Crippen molar-refractivity contribution in [2.45, 2.75) is 32.1 Å². The molecule has 0 radical (unpaired) electrons. The first-order valence-electron chi connectivity index (χ1n) is 16.1. The van der Waals surface area contributed by atoms with E-state index in [0.717, 1.165) is 24.1 Å². The fourth-order valence-electron chi connectivity index (χ4n) is 8.25. The van der Waals surface area contributed by atoms with Gasteiger partial charge in [0.2, 0.25) is 0 Å². The molecule has 0 aliphatic carbocycles. The Morgan fingerprint density at radius 2 is 1.40 bits per heavy atom. The van der Waals surface area contributed by atoms with E-state index in [1.807, 2.05) is 0 Å². The molecule has 4 heterocycles. The number of rotatable bonds is 2. The van der Waals surface area contributed by atoms with Crippen LogP contribution < -0.4 is 4.90 Å². The topological polar surface area (TPSA) is 21.3 Å². The number of hydrogen-bond donors (Lipinski definition) is 0. The van der Waals surface area contributed by atoms with Crippen LogP contribution in [0.15, 0.2) is 126 Å². The minimum Gasteiger partial charge on any atom is -0.455 e. The fraction of sp³-hybridized carbons (Fsp3) is 0.143. The molecule has 216 valence electrons. The molecule has 0 saturated carbocycles. The number of fused-ring (bicyclic) bond motifs is 10. The molecule has 3 nitrogen and oxygen atoms in total. The Morgan fingerprint density at radius 3 is 2.29 bits per heavy atom. The van der Waals surface area contributed by atoms with Gasteiger partial charge in [0.05, 0.1) is 22.1 Å². The van der Waals surface area contributed by atoms with Crippen molar-refractivity contribution in [2.75, 3.05) is 11.4 Å². The van der Waals surface area contributed by atoms with E-state index in [4.69, 9.17) is 4.42 Å². The van der Waals surface area contributed by atoms with Crippen molar-refractivity contribution < 1.29 is 4.42 Å². The molecule has 6 aromatic carbocycles. The highest BCUT2D eigenvalue weighted by Gasteiger charge is 2.37. The van der Waals surface area contributed by atoms with Crippen LogP contribution in [0.4, 0.5) is 11.4 Å². The fourth-order valence-corrected chi connectivity index (χ4v) is 8.25. The number of benzene rings is 6. The largest absolute Gasteiger partial charge is 0.455 e. The van der Waals surface area contributed by atoms with E-state index >= 15 is 0 Å². The summed E-state index contributed by atoms with van der Waals surface area (Å²) in [5.41, 5.74) is 14.7. The van der Waals surface area contributed by atoms with Gasteiger partial charge in [-0.15, -0.1) is 0 Å². The molecule has 2 aromatic heterocycles. The van der Waals surface area contributed by atoms with Crippen LogP contribution in [-0.4, -0.2) is 11.1 Å². The smallest absolute Gasteiger partial charge is 0.145 e. The maximum Gasteiger partial charge on any atom is 0.145 e. The number of anilines is 2. The molecule has 3 heteroatoms. The molecular weight excluding hydrogens is 548 g/mol. The Kier molecular flexibility index (Phi) is 4.96. The summed E-state index contributed by atoms with van der Waals surface area (Å²) in [5, 5.41) is 4.82. The maximum atomic E-state index is 6.60. The second-order valence-corrected chi connectivity index (χ2v) is 13.3. The average molecular weight is 581 g/mol. The predicted octanol–water partition coefficient (Wildman–Crippen LogP) is 11.1. The van der Waals surface area contributed by atoms with Crippen molar-refractivity contribution in [1.29, 1.82) is 0 Å². The van der Waals surface area contributed by atoms with Crippen LogP contribution in [0, 0.1) is 0 Å². The first-order valence-corrected chi connectivity index (χ1v) is 16.1. The summed E-state index contributed by atoms with van der Waals surface area (Å²) < 4.78 is 9.08. The molecule has 0 unspecified atom stereocenters. The molecule has 2 aliphatic heterocycles. The molecule has 0 N–H and O–H groups in total. The van der Waals surface area contributed by atoms with Gasteiger partial charge in [-0.2, -0.15) is 0 Å². The lowest BCUT2D eigenvalue weighted by atomic mass is 9.73. The molecular formula is C42H32N2O. The van der Waals surface area contributed by atoms with E-state index < -0.39 is 0 Å². The van der Waals surface area contributed by atoms with E-state index in [1.54, 1.807) is 0 Å². The van der Waals surface area contributed by atoms with Gasteiger partial charge in [0.1, 0.15) is 11.2 Å². The van der Waals surface area contributed by atoms with Crippen molar-refractivity contribution in [3.05, 3.63) is 138 Å². The van der Waals surface area contributed by atoms with Crippen LogP contribution in [-0.2, 0) is 11.8 Å². The second-order valence-electron chi connectivity index (χ2n) is 13.3. The molecule has 8 aromatic rings.